The Morgan fingerprint density at radius 1 is 1.38 bits per heavy atom. The first-order valence-corrected chi connectivity index (χ1v) is 5.07. The van der Waals surface area contributed by atoms with Crippen LogP contribution in [0.1, 0.15) is 26.7 Å². The number of carbonyl (C=O) groups is 3. The van der Waals surface area contributed by atoms with Gasteiger partial charge in [0, 0.05) is 13.3 Å². The summed E-state index contributed by atoms with van der Waals surface area (Å²) in [6, 6.07) is -0.941. The van der Waals surface area contributed by atoms with Crippen LogP contribution in [-0.4, -0.2) is 35.4 Å². The maximum atomic E-state index is 11.3. The molecule has 0 saturated carbocycles. The maximum absolute atomic E-state index is 11.3. The molecule has 0 aliphatic heterocycles. The molecule has 0 spiro atoms. The maximum Gasteiger partial charge on any atom is 0.320 e. The molecule has 1 amide bonds. The van der Waals surface area contributed by atoms with Crippen LogP contribution in [0.5, 0.6) is 0 Å². The Morgan fingerprint density at radius 2 is 1.94 bits per heavy atom. The third-order valence-corrected chi connectivity index (χ3v) is 2.08. The summed E-state index contributed by atoms with van der Waals surface area (Å²) >= 11 is 0. The molecule has 2 atom stereocenters. The average Bonchev–Trinajstić information content (AvgIpc) is 2.14. The molecule has 0 fully saturated rings. The van der Waals surface area contributed by atoms with Crippen LogP contribution in [0.25, 0.3) is 0 Å². The molecule has 0 rings (SSSR count). The van der Waals surface area contributed by atoms with Crippen molar-refractivity contribution in [2.24, 2.45) is 11.7 Å². The van der Waals surface area contributed by atoms with E-state index in [2.05, 4.69) is 5.32 Å². The standard InChI is InChI=1S/C10H18N2O4/c1-6(4-9(11)10(15)16)3-8(14)5-12-7(2)13/h6,9H,3-5,11H2,1-2H3,(H,12,13)(H,15,16)/t6?,9-/m0/s1. The van der Waals surface area contributed by atoms with Crippen molar-refractivity contribution in [2.45, 2.75) is 32.7 Å². The number of hydrogen-bond acceptors (Lipinski definition) is 4. The van der Waals surface area contributed by atoms with Crippen LogP contribution in [0.4, 0.5) is 0 Å². The number of nitrogens with one attached hydrogen (secondary N) is 1. The molecular weight excluding hydrogens is 212 g/mol. The molecule has 92 valence electrons. The molecule has 0 radical (unpaired) electrons. The number of nitrogens with two attached hydrogens (primary N) is 1. The molecule has 16 heavy (non-hydrogen) atoms. The summed E-state index contributed by atoms with van der Waals surface area (Å²) < 4.78 is 0. The Morgan fingerprint density at radius 3 is 2.38 bits per heavy atom. The number of carboxylic acids is 1. The van der Waals surface area contributed by atoms with Crippen molar-refractivity contribution in [1.82, 2.24) is 5.32 Å². The van der Waals surface area contributed by atoms with Crippen molar-refractivity contribution in [2.75, 3.05) is 6.54 Å². The smallest absolute Gasteiger partial charge is 0.320 e. The van der Waals surface area contributed by atoms with E-state index in [4.69, 9.17) is 10.8 Å². The normalized spacial score (nSPS) is 13.9. The zero-order chi connectivity index (χ0) is 12.7. The Bertz CT molecular complexity index is 278. The summed E-state index contributed by atoms with van der Waals surface area (Å²) in [6.45, 7) is 3.08. The monoisotopic (exact) mass is 230 g/mol. The Kier molecular flexibility index (Phi) is 6.32. The largest absolute Gasteiger partial charge is 0.480 e. The topological polar surface area (TPSA) is 109 Å². The minimum atomic E-state index is -1.07. The molecule has 4 N–H and O–H groups in total. The predicted octanol–water partition coefficient (Wildman–Crippen LogP) is -0.480. The van der Waals surface area contributed by atoms with Gasteiger partial charge in [0.05, 0.1) is 6.54 Å². The number of hydrogen-bond donors (Lipinski definition) is 3. The molecule has 1 unspecified atom stereocenters. The predicted molar refractivity (Wildman–Crippen MR) is 57.7 cm³/mol. The van der Waals surface area contributed by atoms with Crippen molar-refractivity contribution >= 4 is 17.7 Å². The van der Waals surface area contributed by atoms with Gasteiger partial charge in [-0.05, 0) is 12.3 Å². The van der Waals surface area contributed by atoms with Crippen LogP contribution in [-0.2, 0) is 14.4 Å². The van der Waals surface area contributed by atoms with Gasteiger partial charge in [0.15, 0.2) is 5.78 Å². The summed E-state index contributed by atoms with van der Waals surface area (Å²) in [5, 5.41) is 11.0. The van der Waals surface area contributed by atoms with Crippen molar-refractivity contribution in [3.8, 4) is 0 Å². The number of ketones is 1. The molecule has 6 heteroatoms. The summed E-state index contributed by atoms with van der Waals surface area (Å²) in [6.07, 6.45) is 0.475. The fourth-order valence-electron chi connectivity index (χ4n) is 1.30. The minimum absolute atomic E-state index is 0.0119. The number of aliphatic carboxylic acids is 1. The van der Waals surface area contributed by atoms with Crippen molar-refractivity contribution in [3.05, 3.63) is 0 Å². The lowest BCUT2D eigenvalue weighted by Crippen LogP contribution is -2.33. The lowest BCUT2D eigenvalue weighted by atomic mass is 9.97. The van der Waals surface area contributed by atoms with E-state index in [1.54, 1.807) is 6.92 Å². The van der Waals surface area contributed by atoms with Gasteiger partial charge in [-0.1, -0.05) is 6.92 Å². The lowest BCUT2D eigenvalue weighted by Gasteiger charge is -2.13. The Balaban J connectivity index is 3.86. The second-order valence-electron chi connectivity index (χ2n) is 3.94. The third kappa shape index (κ3) is 6.94. The van der Waals surface area contributed by atoms with E-state index in [-0.39, 0.29) is 37.0 Å². The van der Waals surface area contributed by atoms with Gasteiger partial charge in [0.25, 0.3) is 0 Å². The number of Topliss-reactive ketones (excluding diaryl/α,β-unsaturated/α-hetero) is 1. The van der Waals surface area contributed by atoms with Gasteiger partial charge >= 0.3 is 5.97 Å². The summed E-state index contributed by atoms with van der Waals surface area (Å²) in [5.41, 5.74) is 5.33. The highest BCUT2D eigenvalue weighted by Crippen LogP contribution is 2.09. The van der Waals surface area contributed by atoms with Gasteiger partial charge in [0.2, 0.25) is 5.91 Å². The van der Waals surface area contributed by atoms with Crippen LogP contribution in [0, 0.1) is 5.92 Å². The number of carbonyl (C=O) groups excluding carboxylic acids is 2. The van der Waals surface area contributed by atoms with Gasteiger partial charge < -0.3 is 16.2 Å². The minimum Gasteiger partial charge on any atom is -0.480 e. The molecule has 0 heterocycles. The molecule has 0 bridgehead atoms. The summed E-state index contributed by atoms with van der Waals surface area (Å²) in [5.74, 6) is -1.56. The SMILES string of the molecule is CC(=O)NCC(=O)CC(C)C[C@H](N)C(=O)O. The van der Waals surface area contributed by atoms with E-state index < -0.39 is 12.0 Å². The first kappa shape index (κ1) is 14.6. The van der Waals surface area contributed by atoms with E-state index in [0.29, 0.717) is 0 Å². The van der Waals surface area contributed by atoms with Crippen LogP contribution >= 0.6 is 0 Å². The fraction of sp³-hybridized carbons (Fsp3) is 0.700. The quantitative estimate of drug-likeness (QED) is 0.547. The number of rotatable bonds is 7. The lowest BCUT2D eigenvalue weighted by molar-refractivity contribution is -0.139. The highest BCUT2D eigenvalue weighted by Gasteiger charge is 2.17. The highest BCUT2D eigenvalue weighted by molar-refractivity contribution is 5.85. The van der Waals surface area contributed by atoms with Crippen molar-refractivity contribution in [1.29, 1.82) is 0 Å². The fourth-order valence-corrected chi connectivity index (χ4v) is 1.30. The van der Waals surface area contributed by atoms with Gasteiger partial charge in [-0.15, -0.1) is 0 Å². The highest BCUT2D eigenvalue weighted by atomic mass is 16.4. The zero-order valence-corrected chi connectivity index (χ0v) is 9.53. The van der Waals surface area contributed by atoms with Gasteiger partial charge in [-0.3, -0.25) is 14.4 Å². The van der Waals surface area contributed by atoms with Crippen LogP contribution in [0.15, 0.2) is 0 Å². The van der Waals surface area contributed by atoms with Crippen LogP contribution < -0.4 is 11.1 Å². The van der Waals surface area contributed by atoms with E-state index in [0.717, 1.165) is 0 Å². The second-order valence-corrected chi connectivity index (χ2v) is 3.94. The van der Waals surface area contributed by atoms with Crippen molar-refractivity contribution < 1.29 is 19.5 Å². The Labute approximate surface area is 94.2 Å². The molecule has 6 nitrogen and oxygen atoms in total. The molecule has 0 aliphatic rings. The average molecular weight is 230 g/mol. The van der Waals surface area contributed by atoms with E-state index in [1.807, 2.05) is 0 Å². The summed E-state index contributed by atoms with van der Waals surface area (Å²) in [4.78, 5) is 32.3. The van der Waals surface area contributed by atoms with E-state index in [9.17, 15) is 14.4 Å². The molecular formula is C10H18N2O4. The van der Waals surface area contributed by atoms with Crippen LogP contribution in [0.2, 0.25) is 0 Å². The van der Waals surface area contributed by atoms with Gasteiger partial charge in [-0.25, -0.2) is 0 Å². The number of amides is 1. The molecule has 0 aliphatic carbocycles. The van der Waals surface area contributed by atoms with Crippen molar-refractivity contribution in [3.63, 3.8) is 0 Å². The second kappa shape index (κ2) is 6.95. The molecule has 0 aromatic carbocycles. The first-order chi connectivity index (χ1) is 7.32. The van der Waals surface area contributed by atoms with Crippen LogP contribution in [0.3, 0.4) is 0 Å². The van der Waals surface area contributed by atoms with Gasteiger partial charge in [-0.2, -0.15) is 0 Å². The zero-order valence-electron chi connectivity index (χ0n) is 9.53. The van der Waals surface area contributed by atoms with E-state index in [1.165, 1.54) is 6.92 Å². The molecule has 0 saturated heterocycles. The van der Waals surface area contributed by atoms with E-state index >= 15 is 0 Å². The number of carboxylic acid groups (broad SMARTS) is 1. The molecule has 0 aromatic heterocycles. The molecule has 0 aromatic rings. The third-order valence-electron chi connectivity index (χ3n) is 2.08. The Hall–Kier alpha value is -1.43. The van der Waals surface area contributed by atoms with Gasteiger partial charge in [0.1, 0.15) is 6.04 Å². The first-order valence-electron chi connectivity index (χ1n) is 5.07. The summed E-state index contributed by atoms with van der Waals surface area (Å²) in [7, 11) is 0.